The number of rotatable bonds is 4. The van der Waals surface area contributed by atoms with Gasteiger partial charge in [0.05, 0.1) is 6.26 Å². The van der Waals surface area contributed by atoms with Gasteiger partial charge in [0.2, 0.25) is 5.91 Å². The number of amides is 1. The first-order valence-electron chi connectivity index (χ1n) is 8.84. The van der Waals surface area contributed by atoms with Gasteiger partial charge in [0.1, 0.15) is 17.9 Å². The summed E-state index contributed by atoms with van der Waals surface area (Å²) in [7, 11) is 0. The molecule has 0 unspecified atom stereocenters. The molecule has 1 saturated carbocycles. The first kappa shape index (κ1) is 17.3. The second-order valence-corrected chi connectivity index (χ2v) is 6.53. The fourth-order valence-corrected chi connectivity index (χ4v) is 3.22. The molecule has 7 nitrogen and oxygen atoms in total. The number of nitrogens with two attached hydrogens (primary N) is 1. The van der Waals surface area contributed by atoms with Crippen LogP contribution in [0.4, 0.5) is 5.69 Å². The van der Waals surface area contributed by atoms with Crippen LogP contribution >= 0.6 is 0 Å². The molecule has 0 aliphatic heterocycles. The van der Waals surface area contributed by atoms with E-state index in [2.05, 4.69) is 10.4 Å². The monoisotopic (exact) mass is 344 g/mol. The molecule has 3 N–H and O–H groups in total. The van der Waals surface area contributed by atoms with E-state index in [1.165, 1.54) is 31.6 Å². The third-order valence-corrected chi connectivity index (χ3v) is 4.54. The molecular formula is C18H24N4O3. The molecule has 1 aliphatic carbocycles. The zero-order chi connectivity index (χ0) is 17.6. The zero-order valence-electron chi connectivity index (χ0n) is 14.2. The molecule has 0 saturated heterocycles. The third kappa shape index (κ3) is 4.49. The molecule has 25 heavy (non-hydrogen) atoms. The fraction of sp³-hybridized carbons (Fsp3) is 0.500. The molecule has 3 rings (SSSR count). The number of anilines is 1. The van der Waals surface area contributed by atoms with Crippen molar-refractivity contribution in [2.45, 2.75) is 57.5 Å². The van der Waals surface area contributed by atoms with E-state index in [1.807, 2.05) is 0 Å². The lowest BCUT2D eigenvalue weighted by Gasteiger charge is -2.21. The van der Waals surface area contributed by atoms with Crippen molar-refractivity contribution in [1.82, 2.24) is 15.1 Å². The average molecular weight is 344 g/mol. The smallest absolute Gasteiger partial charge is 0.290 e. The topological polar surface area (TPSA) is 103 Å². The highest BCUT2D eigenvalue weighted by atomic mass is 16.3. The van der Waals surface area contributed by atoms with Gasteiger partial charge in [0.15, 0.2) is 5.76 Å². The third-order valence-electron chi connectivity index (χ3n) is 4.54. The van der Waals surface area contributed by atoms with Gasteiger partial charge in [-0.1, -0.05) is 32.1 Å². The van der Waals surface area contributed by atoms with Gasteiger partial charge >= 0.3 is 0 Å². The molecule has 2 aromatic rings. The van der Waals surface area contributed by atoms with Gasteiger partial charge in [-0.25, -0.2) is 4.68 Å². The lowest BCUT2D eigenvalue weighted by Crippen LogP contribution is -2.40. The fourth-order valence-electron chi connectivity index (χ4n) is 3.22. The van der Waals surface area contributed by atoms with Gasteiger partial charge < -0.3 is 15.5 Å². The van der Waals surface area contributed by atoms with Crippen LogP contribution in [0.2, 0.25) is 0 Å². The second-order valence-electron chi connectivity index (χ2n) is 6.53. The summed E-state index contributed by atoms with van der Waals surface area (Å²) < 4.78 is 6.39. The largest absolute Gasteiger partial charge is 0.463 e. The minimum atomic E-state index is -0.469. The van der Waals surface area contributed by atoms with Crippen LogP contribution in [0.25, 0.3) is 11.5 Å². The van der Waals surface area contributed by atoms with Crippen LogP contribution in [0.5, 0.6) is 0 Å². The van der Waals surface area contributed by atoms with Crippen molar-refractivity contribution in [3.05, 3.63) is 34.8 Å². The minimum absolute atomic E-state index is 0.0418. The number of nitrogens with zero attached hydrogens (tertiary/aromatic N) is 2. The molecule has 0 spiro atoms. The molecule has 0 atom stereocenters. The summed E-state index contributed by atoms with van der Waals surface area (Å²) in [6.45, 7) is -0.145. The van der Waals surface area contributed by atoms with Gasteiger partial charge in [-0.05, 0) is 31.0 Å². The predicted octanol–water partition coefficient (Wildman–Crippen LogP) is 2.31. The molecule has 1 amide bonds. The molecule has 0 radical (unpaired) electrons. The summed E-state index contributed by atoms with van der Waals surface area (Å²) in [5.74, 6) is 0.289. The Bertz CT molecular complexity index is 759. The predicted molar refractivity (Wildman–Crippen MR) is 94.9 cm³/mol. The minimum Gasteiger partial charge on any atom is -0.463 e. The molecule has 134 valence electrons. The van der Waals surface area contributed by atoms with Gasteiger partial charge in [0, 0.05) is 6.04 Å². The summed E-state index contributed by atoms with van der Waals surface area (Å²) in [4.78, 5) is 24.5. The molecular weight excluding hydrogens is 320 g/mol. The van der Waals surface area contributed by atoms with Crippen LogP contribution in [0.15, 0.2) is 33.7 Å². The Morgan fingerprint density at radius 2 is 2.00 bits per heavy atom. The average Bonchev–Trinajstić information content (AvgIpc) is 3.08. The van der Waals surface area contributed by atoms with E-state index < -0.39 is 5.56 Å². The normalized spacial score (nSPS) is 16.2. The van der Waals surface area contributed by atoms with Gasteiger partial charge in [-0.2, -0.15) is 5.10 Å². The number of carbonyl (C=O) groups is 1. The maximum absolute atomic E-state index is 12.4. The number of furan rings is 1. The number of nitrogens with one attached hydrogen (secondary N) is 1. The second kappa shape index (κ2) is 8.00. The number of hydrogen-bond donors (Lipinski definition) is 2. The van der Waals surface area contributed by atoms with Crippen LogP contribution in [0, 0.1) is 0 Å². The first-order valence-corrected chi connectivity index (χ1v) is 8.84. The summed E-state index contributed by atoms with van der Waals surface area (Å²) in [6, 6.07) is 5.09. The molecule has 1 fully saturated rings. The van der Waals surface area contributed by atoms with E-state index in [-0.39, 0.29) is 24.2 Å². The van der Waals surface area contributed by atoms with E-state index in [4.69, 9.17) is 10.2 Å². The van der Waals surface area contributed by atoms with Crippen molar-refractivity contribution >= 4 is 11.6 Å². The molecule has 2 aromatic heterocycles. The number of nitrogen functional groups attached to an aromatic ring is 1. The van der Waals surface area contributed by atoms with Crippen molar-refractivity contribution in [3.63, 3.8) is 0 Å². The van der Waals surface area contributed by atoms with Crippen molar-refractivity contribution in [2.75, 3.05) is 5.73 Å². The van der Waals surface area contributed by atoms with E-state index in [1.54, 1.807) is 12.1 Å². The summed E-state index contributed by atoms with van der Waals surface area (Å²) in [5, 5.41) is 7.24. The molecule has 0 bridgehead atoms. The maximum atomic E-state index is 12.4. The highest BCUT2D eigenvalue weighted by Gasteiger charge is 2.16. The molecule has 2 heterocycles. The molecule has 7 heteroatoms. The van der Waals surface area contributed by atoms with E-state index in [0.717, 1.165) is 30.4 Å². The highest BCUT2D eigenvalue weighted by molar-refractivity contribution is 5.76. The van der Waals surface area contributed by atoms with Crippen molar-refractivity contribution in [1.29, 1.82) is 0 Å². The standard InChI is InChI=1S/C18H24N4O3/c19-14-11-15(16-9-6-10-25-16)21-22(18(14)24)12-17(23)20-13-7-4-2-1-3-5-8-13/h6,9-11,13H,1-5,7-8,12,19H2,(H,20,23). The maximum Gasteiger partial charge on any atom is 0.290 e. The zero-order valence-corrected chi connectivity index (χ0v) is 14.2. The first-order chi connectivity index (χ1) is 12.1. The highest BCUT2D eigenvalue weighted by Crippen LogP contribution is 2.18. The van der Waals surface area contributed by atoms with Gasteiger partial charge in [0.25, 0.3) is 5.56 Å². The van der Waals surface area contributed by atoms with Gasteiger partial charge in [-0.3, -0.25) is 9.59 Å². The van der Waals surface area contributed by atoms with E-state index >= 15 is 0 Å². The molecule has 1 aliphatic rings. The number of hydrogen-bond acceptors (Lipinski definition) is 5. The molecule has 0 aromatic carbocycles. The van der Waals surface area contributed by atoms with Crippen LogP contribution in [0.1, 0.15) is 44.9 Å². The Labute approximate surface area is 146 Å². The number of carbonyl (C=O) groups excluding carboxylic acids is 1. The van der Waals surface area contributed by atoms with Crippen LogP contribution < -0.4 is 16.6 Å². The van der Waals surface area contributed by atoms with Crippen molar-refractivity contribution in [3.8, 4) is 11.5 Å². The Morgan fingerprint density at radius 3 is 2.68 bits per heavy atom. The quantitative estimate of drug-likeness (QED) is 0.886. The van der Waals surface area contributed by atoms with E-state index in [9.17, 15) is 9.59 Å². The van der Waals surface area contributed by atoms with Crippen LogP contribution in [-0.2, 0) is 11.3 Å². The van der Waals surface area contributed by atoms with E-state index in [0.29, 0.717) is 11.5 Å². The number of aromatic nitrogens is 2. The Hall–Kier alpha value is -2.57. The van der Waals surface area contributed by atoms with Crippen molar-refractivity contribution in [2.24, 2.45) is 0 Å². The SMILES string of the molecule is Nc1cc(-c2ccco2)nn(CC(=O)NC2CCCCCCC2)c1=O. The Balaban J connectivity index is 1.71. The van der Waals surface area contributed by atoms with Crippen LogP contribution in [0.3, 0.4) is 0 Å². The Kier molecular flexibility index (Phi) is 5.53. The summed E-state index contributed by atoms with van der Waals surface area (Å²) in [6.07, 6.45) is 9.46. The lowest BCUT2D eigenvalue weighted by atomic mass is 9.97. The summed E-state index contributed by atoms with van der Waals surface area (Å²) >= 11 is 0. The van der Waals surface area contributed by atoms with Crippen molar-refractivity contribution < 1.29 is 9.21 Å². The van der Waals surface area contributed by atoms with Crippen LogP contribution in [-0.4, -0.2) is 21.7 Å². The lowest BCUT2D eigenvalue weighted by molar-refractivity contribution is -0.122. The van der Waals surface area contributed by atoms with Gasteiger partial charge in [-0.15, -0.1) is 0 Å². The Morgan fingerprint density at radius 1 is 1.28 bits per heavy atom. The summed E-state index contributed by atoms with van der Waals surface area (Å²) in [5.41, 5.74) is 5.78.